The topological polar surface area (TPSA) is 61.8 Å². The van der Waals surface area contributed by atoms with Crippen molar-refractivity contribution >= 4 is 11.9 Å². The number of rotatable bonds is 10. The molecule has 1 atom stereocenters. The van der Waals surface area contributed by atoms with Crippen LogP contribution >= 0.6 is 0 Å². The molecule has 0 saturated heterocycles. The quantitative estimate of drug-likeness (QED) is 0.161. The highest BCUT2D eigenvalue weighted by Gasteiger charge is 2.13. The van der Waals surface area contributed by atoms with Gasteiger partial charge >= 0.3 is 11.9 Å². The average Bonchev–Trinajstić information content (AvgIpc) is 2.82. The van der Waals surface area contributed by atoms with Gasteiger partial charge in [0.2, 0.25) is 0 Å². The summed E-state index contributed by atoms with van der Waals surface area (Å²) in [5.74, 6) is 9.19. The maximum absolute atomic E-state index is 12.3. The number of carbonyl (C=O) groups excluding carboxylic acids is 2. The zero-order chi connectivity index (χ0) is 23.9. The molecule has 1 unspecified atom stereocenters. The molecule has 0 bridgehead atoms. The van der Waals surface area contributed by atoms with Crippen molar-refractivity contribution < 1.29 is 35.2 Å². The largest absolute Gasteiger partial charge is 0.459 e. The first-order chi connectivity index (χ1) is 16.0. The fraction of sp³-hybridized carbons (Fsp3) is 0.286. The second-order valence-corrected chi connectivity index (χ2v) is 7.23. The van der Waals surface area contributed by atoms with Gasteiger partial charge in [0.05, 0.1) is 17.2 Å². The third-order valence-electron chi connectivity index (χ3n) is 4.58. The zero-order valence-electron chi connectivity index (χ0n) is 18.9. The highest BCUT2D eigenvalue weighted by molar-refractivity contribution is 5.92. The molecule has 2 aromatic rings. The Bertz CT molecular complexity index is 1110. The molecule has 0 heterocycles. The van der Waals surface area contributed by atoms with Crippen LogP contribution in [0.15, 0.2) is 48.5 Å². The van der Waals surface area contributed by atoms with Crippen molar-refractivity contribution in [1.29, 1.82) is 0 Å². The van der Waals surface area contributed by atoms with Crippen molar-refractivity contribution in [2.24, 2.45) is 0 Å². The summed E-state index contributed by atoms with van der Waals surface area (Å²) in [7, 11) is 0. The van der Waals surface area contributed by atoms with Gasteiger partial charge in [0, 0.05) is 23.3 Å². The maximum atomic E-state index is 12.3. The van der Waals surface area contributed by atoms with Crippen molar-refractivity contribution in [2.75, 3.05) is 0 Å². The summed E-state index contributed by atoms with van der Waals surface area (Å²) >= 11 is 0. The fourth-order valence-electron chi connectivity index (χ4n) is 2.83. The Balaban J connectivity index is -0.000000289. The molecule has 0 amide bonds. The van der Waals surface area contributed by atoms with E-state index in [0.717, 1.165) is 19.3 Å². The monoisotopic (exact) mass is 458 g/mol. The van der Waals surface area contributed by atoms with Gasteiger partial charge in [-0.3, -0.25) is 0 Å². The molecule has 33 heavy (non-hydrogen) atoms. The molecule has 0 N–H and O–H groups in total. The van der Waals surface area contributed by atoms with Gasteiger partial charge in [-0.25, -0.2) is 9.59 Å². The van der Waals surface area contributed by atoms with E-state index in [1.165, 1.54) is 12.8 Å². The minimum atomic E-state index is -0.538. The zero-order valence-corrected chi connectivity index (χ0v) is 18.9. The van der Waals surface area contributed by atoms with Gasteiger partial charge in [-0.15, -0.1) is 6.42 Å². The molecule has 0 fully saturated rings. The van der Waals surface area contributed by atoms with Gasteiger partial charge in [0.25, 0.3) is 0 Å². The van der Waals surface area contributed by atoms with Crippen molar-refractivity contribution in [3.8, 4) is 47.7 Å². The smallest absolute Gasteiger partial charge is 0.343 e. The Morgan fingerprint density at radius 1 is 0.879 bits per heavy atom. The minimum absolute atomic E-state index is 0. The number of terminal acetylenes is 1. The molecule has 0 radical (unpaired) electrons. The summed E-state index contributed by atoms with van der Waals surface area (Å²) in [6, 6.07) is 12.6. The van der Waals surface area contributed by atoms with Crippen LogP contribution in [0.3, 0.4) is 0 Å². The van der Waals surface area contributed by atoms with E-state index >= 15 is 0 Å². The Kier molecular flexibility index (Phi) is 10.7. The van der Waals surface area contributed by atoms with Crippen LogP contribution in [0, 0.1) is 36.2 Å². The van der Waals surface area contributed by atoms with Gasteiger partial charge in [-0.05, 0) is 80.1 Å². The molecular weight excluding hydrogens is 416 g/mol. The molecule has 5 heteroatoms. The lowest BCUT2D eigenvalue weighted by atomic mass is 10.1. The summed E-state index contributed by atoms with van der Waals surface area (Å²) in [5, 5.41) is 0. The van der Waals surface area contributed by atoms with Crippen LogP contribution in [-0.2, 0) is 4.74 Å². The van der Waals surface area contributed by atoms with Crippen LogP contribution in [0.4, 0.5) is 0 Å². The molecule has 0 aliphatic carbocycles. The van der Waals surface area contributed by atoms with Crippen LogP contribution < -0.4 is 9.47 Å². The van der Waals surface area contributed by atoms with E-state index in [4.69, 9.17) is 20.6 Å². The number of esters is 2. The van der Waals surface area contributed by atoms with Crippen molar-refractivity contribution in [1.82, 2.24) is 0 Å². The van der Waals surface area contributed by atoms with Crippen LogP contribution in [0.1, 0.15) is 78.1 Å². The molecule has 2 rings (SSSR count). The normalized spacial score (nSPS) is 10.3. The molecule has 2 aromatic carbocycles. The SMILES string of the molecule is C#CC#CC#COc1ccc(C(=O)Oc2ccc(C(=O)OC(C)CCCCCC)cc2)cc1.[HH].[HH].[HH].[HH].[HH].[HH].[HH].[HH]. The van der Waals surface area contributed by atoms with Crippen LogP contribution in [0.25, 0.3) is 0 Å². The van der Waals surface area contributed by atoms with Crippen molar-refractivity contribution in [3.05, 3.63) is 59.7 Å². The summed E-state index contributed by atoms with van der Waals surface area (Å²) in [6.07, 6.45) is 12.6. The van der Waals surface area contributed by atoms with Crippen LogP contribution in [-0.4, -0.2) is 18.0 Å². The molecule has 0 spiro atoms. The van der Waals surface area contributed by atoms with E-state index in [-0.39, 0.29) is 23.5 Å². The Hall–Kier alpha value is -4.14. The Labute approximate surface area is 207 Å². The summed E-state index contributed by atoms with van der Waals surface area (Å²) in [4.78, 5) is 24.6. The lowest BCUT2D eigenvalue weighted by molar-refractivity contribution is 0.0319. The van der Waals surface area contributed by atoms with E-state index < -0.39 is 5.97 Å². The number of unbranched alkanes of at least 4 members (excludes halogenated alkanes) is 3. The maximum Gasteiger partial charge on any atom is 0.343 e. The number of hydrogen-bond donors (Lipinski definition) is 0. The Morgan fingerprint density at radius 3 is 2.15 bits per heavy atom. The number of benzene rings is 2. The van der Waals surface area contributed by atoms with E-state index in [2.05, 4.69) is 36.7 Å². The molecule has 0 saturated carbocycles. The Morgan fingerprint density at radius 2 is 1.52 bits per heavy atom. The average molecular weight is 459 g/mol. The predicted octanol–water partition coefficient (Wildman–Crippen LogP) is 7.37. The number of carbonyl (C=O) groups is 2. The third kappa shape index (κ3) is 9.26. The standard InChI is InChI=1S/C28H26O5.8H2/c1-4-6-8-10-12-22(3)32-27(29)23-15-19-26(20-16-23)33-28(30)24-13-17-25(18-14-24)31-21-11-9-7-5-2;;;;;;;;/h2,13-20,22H,4,6,8,10,12H2,1,3H3;8*1H. The van der Waals surface area contributed by atoms with Crippen LogP contribution in [0.2, 0.25) is 0 Å². The predicted molar refractivity (Wildman–Crippen MR) is 143 cm³/mol. The summed E-state index contributed by atoms with van der Waals surface area (Å²) in [5.41, 5.74) is 0.743. The lowest BCUT2D eigenvalue weighted by Gasteiger charge is -2.13. The molecule has 0 aliphatic rings. The summed E-state index contributed by atoms with van der Waals surface area (Å²) < 4.78 is 16.0. The van der Waals surface area contributed by atoms with Gasteiger partial charge in [-0.1, -0.05) is 26.2 Å². The highest BCUT2D eigenvalue weighted by Crippen LogP contribution is 2.18. The molecule has 5 nitrogen and oxygen atoms in total. The van der Waals surface area contributed by atoms with Crippen molar-refractivity contribution in [2.45, 2.75) is 52.1 Å². The van der Waals surface area contributed by atoms with E-state index in [1.54, 1.807) is 48.5 Å². The van der Waals surface area contributed by atoms with Gasteiger partial charge in [-0.2, -0.15) is 0 Å². The molecule has 184 valence electrons. The minimum Gasteiger partial charge on any atom is -0.459 e. The van der Waals surface area contributed by atoms with Crippen LogP contribution in [0.5, 0.6) is 11.5 Å². The first-order valence-corrected chi connectivity index (χ1v) is 10.8. The fourth-order valence-corrected chi connectivity index (χ4v) is 2.83. The summed E-state index contributed by atoms with van der Waals surface area (Å²) in [6.45, 7) is 4.06. The first kappa shape index (κ1) is 25.1. The van der Waals surface area contributed by atoms with Gasteiger partial charge < -0.3 is 14.2 Å². The molecular formula is C28H42O5. The molecule has 0 aromatic heterocycles. The third-order valence-corrected chi connectivity index (χ3v) is 4.58. The second-order valence-electron chi connectivity index (χ2n) is 7.23. The first-order valence-electron chi connectivity index (χ1n) is 10.8. The van der Waals surface area contributed by atoms with E-state index in [0.29, 0.717) is 22.6 Å². The van der Waals surface area contributed by atoms with Gasteiger partial charge in [0.1, 0.15) is 17.6 Å². The molecule has 0 aliphatic heterocycles. The second kappa shape index (κ2) is 14.0. The number of ether oxygens (including phenoxy) is 3. The van der Waals surface area contributed by atoms with E-state index in [9.17, 15) is 9.59 Å². The van der Waals surface area contributed by atoms with Crippen molar-refractivity contribution in [3.63, 3.8) is 0 Å². The number of hydrogen-bond acceptors (Lipinski definition) is 5. The lowest BCUT2D eigenvalue weighted by Crippen LogP contribution is -2.15. The van der Waals surface area contributed by atoms with E-state index in [1.807, 2.05) is 6.92 Å². The van der Waals surface area contributed by atoms with Gasteiger partial charge in [0.15, 0.2) is 0 Å². The highest BCUT2D eigenvalue weighted by atomic mass is 16.5.